The summed E-state index contributed by atoms with van der Waals surface area (Å²) in [6.45, 7) is 3.62. The van der Waals surface area contributed by atoms with Gasteiger partial charge in [-0.05, 0) is 42.5 Å². The second-order valence-electron chi connectivity index (χ2n) is 6.44. The molecular formula is C18H19FN4O2. The number of benzene rings is 1. The number of aromatic nitrogens is 2. The van der Waals surface area contributed by atoms with Gasteiger partial charge in [0.25, 0.3) is 5.56 Å². The zero-order valence-corrected chi connectivity index (χ0v) is 13.9. The highest BCUT2D eigenvalue weighted by Gasteiger charge is 2.22. The number of nitrogens with zero attached hydrogens (tertiary/aromatic N) is 4. The predicted octanol–water partition coefficient (Wildman–Crippen LogP) is 2.24. The van der Waals surface area contributed by atoms with E-state index in [9.17, 15) is 19.6 Å². The monoisotopic (exact) mass is 342 g/mol. The molecule has 130 valence electrons. The largest absolute Gasteiger partial charge is 0.502 e. The molecule has 1 aliphatic heterocycles. The van der Waals surface area contributed by atoms with Crippen LogP contribution in [0.1, 0.15) is 30.9 Å². The molecule has 0 radical (unpaired) electrons. The van der Waals surface area contributed by atoms with E-state index in [1.165, 1.54) is 22.8 Å². The van der Waals surface area contributed by atoms with Crippen molar-refractivity contribution in [3.8, 4) is 11.8 Å². The van der Waals surface area contributed by atoms with Gasteiger partial charge in [-0.15, -0.1) is 0 Å². The Bertz CT molecular complexity index is 888. The van der Waals surface area contributed by atoms with E-state index in [4.69, 9.17) is 0 Å². The van der Waals surface area contributed by atoms with Crippen molar-refractivity contribution in [1.29, 1.82) is 5.26 Å². The number of nitriles is 1. The summed E-state index contributed by atoms with van der Waals surface area (Å²) in [5.41, 5.74) is 0.0642. The van der Waals surface area contributed by atoms with Gasteiger partial charge in [-0.2, -0.15) is 5.26 Å². The van der Waals surface area contributed by atoms with Crippen LogP contribution in [0.25, 0.3) is 0 Å². The molecule has 1 saturated heterocycles. The van der Waals surface area contributed by atoms with E-state index in [2.05, 4.69) is 11.9 Å². The van der Waals surface area contributed by atoms with Crippen LogP contribution in [0.15, 0.2) is 29.2 Å². The highest BCUT2D eigenvalue weighted by molar-refractivity contribution is 5.40. The molecule has 0 amide bonds. The summed E-state index contributed by atoms with van der Waals surface area (Å²) in [7, 11) is 0. The van der Waals surface area contributed by atoms with E-state index in [0.717, 1.165) is 32.1 Å². The van der Waals surface area contributed by atoms with Crippen LogP contribution in [0, 0.1) is 23.1 Å². The van der Waals surface area contributed by atoms with Crippen LogP contribution >= 0.6 is 0 Å². The first-order valence-electron chi connectivity index (χ1n) is 8.22. The number of anilines is 1. The maximum atomic E-state index is 13.6. The summed E-state index contributed by atoms with van der Waals surface area (Å²) < 4.78 is 14.9. The van der Waals surface area contributed by atoms with Crippen LogP contribution < -0.4 is 10.5 Å². The lowest BCUT2D eigenvalue weighted by atomic mass is 10.0. The molecule has 0 bridgehead atoms. The molecular weight excluding hydrogens is 323 g/mol. The Morgan fingerprint density at radius 1 is 1.48 bits per heavy atom. The summed E-state index contributed by atoms with van der Waals surface area (Å²) in [5.74, 6) is -0.0498. The normalized spacial score (nSPS) is 17.3. The minimum Gasteiger partial charge on any atom is -0.502 e. The lowest BCUT2D eigenvalue weighted by molar-refractivity contribution is 0.428. The Hall–Kier alpha value is -2.88. The number of piperidine rings is 1. The molecule has 1 aromatic carbocycles. The highest BCUT2D eigenvalue weighted by atomic mass is 19.1. The smallest absolute Gasteiger partial charge is 0.297 e. The summed E-state index contributed by atoms with van der Waals surface area (Å²) in [6.07, 6.45) is 3.24. The molecule has 2 aromatic rings. The number of aromatic hydroxyl groups is 1. The average molecular weight is 342 g/mol. The number of hydrogen-bond donors (Lipinski definition) is 1. The van der Waals surface area contributed by atoms with E-state index in [1.54, 1.807) is 0 Å². The molecule has 7 heteroatoms. The van der Waals surface area contributed by atoms with Gasteiger partial charge in [0.2, 0.25) is 11.7 Å². The molecule has 0 unspecified atom stereocenters. The van der Waals surface area contributed by atoms with Gasteiger partial charge in [0.05, 0.1) is 24.4 Å². The zero-order chi connectivity index (χ0) is 18.0. The van der Waals surface area contributed by atoms with E-state index >= 15 is 0 Å². The van der Waals surface area contributed by atoms with Crippen molar-refractivity contribution >= 4 is 5.95 Å². The van der Waals surface area contributed by atoms with Gasteiger partial charge in [0, 0.05) is 13.1 Å². The maximum absolute atomic E-state index is 13.6. The SMILES string of the molecule is C[C@H]1CCCN(c2ncc(O)c(=O)n2Cc2cc(F)ccc2C#N)C1. The van der Waals surface area contributed by atoms with Crippen LogP contribution in [-0.4, -0.2) is 27.7 Å². The van der Waals surface area contributed by atoms with Crippen molar-refractivity contribution in [2.45, 2.75) is 26.3 Å². The first-order chi connectivity index (χ1) is 12.0. The maximum Gasteiger partial charge on any atom is 0.297 e. The minimum absolute atomic E-state index is 0.0267. The highest BCUT2D eigenvalue weighted by Crippen LogP contribution is 2.22. The third-order valence-corrected chi connectivity index (χ3v) is 4.46. The quantitative estimate of drug-likeness (QED) is 0.925. The fraction of sp³-hybridized carbons (Fsp3) is 0.389. The first-order valence-corrected chi connectivity index (χ1v) is 8.22. The molecule has 1 fully saturated rings. The van der Waals surface area contributed by atoms with Crippen molar-refractivity contribution in [3.05, 3.63) is 51.7 Å². The fourth-order valence-corrected chi connectivity index (χ4v) is 3.21. The lowest BCUT2D eigenvalue weighted by Crippen LogP contribution is -2.39. The van der Waals surface area contributed by atoms with Gasteiger partial charge >= 0.3 is 0 Å². The number of halogens is 1. The molecule has 3 rings (SSSR count). The molecule has 2 heterocycles. The second-order valence-corrected chi connectivity index (χ2v) is 6.44. The fourth-order valence-electron chi connectivity index (χ4n) is 3.21. The molecule has 25 heavy (non-hydrogen) atoms. The molecule has 6 nitrogen and oxygen atoms in total. The zero-order valence-electron chi connectivity index (χ0n) is 13.9. The average Bonchev–Trinajstić information content (AvgIpc) is 2.59. The lowest BCUT2D eigenvalue weighted by Gasteiger charge is -2.33. The van der Waals surface area contributed by atoms with E-state index in [-0.39, 0.29) is 12.1 Å². The summed E-state index contributed by atoms with van der Waals surface area (Å²) in [4.78, 5) is 18.7. The Morgan fingerprint density at radius 3 is 3.00 bits per heavy atom. The van der Waals surface area contributed by atoms with Gasteiger partial charge in [0.15, 0.2) is 0 Å². The van der Waals surface area contributed by atoms with E-state index in [0.29, 0.717) is 17.4 Å². The molecule has 0 saturated carbocycles. The molecule has 1 aliphatic rings. The van der Waals surface area contributed by atoms with Gasteiger partial charge in [-0.3, -0.25) is 9.36 Å². The van der Waals surface area contributed by atoms with Crippen LogP contribution in [0.4, 0.5) is 10.3 Å². The van der Waals surface area contributed by atoms with Crippen molar-refractivity contribution in [2.75, 3.05) is 18.0 Å². The minimum atomic E-state index is -0.601. The topological polar surface area (TPSA) is 82.2 Å². The Kier molecular flexibility index (Phi) is 4.70. The predicted molar refractivity (Wildman–Crippen MR) is 91.0 cm³/mol. The van der Waals surface area contributed by atoms with Gasteiger partial charge in [-0.1, -0.05) is 6.92 Å². The van der Waals surface area contributed by atoms with Crippen molar-refractivity contribution in [3.63, 3.8) is 0 Å². The van der Waals surface area contributed by atoms with Crippen LogP contribution in [0.2, 0.25) is 0 Å². The summed E-state index contributed by atoms with van der Waals surface area (Å²) in [5, 5.41) is 19.0. The Morgan fingerprint density at radius 2 is 2.28 bits per heavy atom. The van der Waals surface area contributed by atoms with E-state index in [1.807, 2.05) is 11.0 Å². The van der Waals surface area contributed by atoms with Crippen LogP contribution in [-0.2, 0) is 6.54 Å². The van der Waals surface area contributed by atoms with Gasteiger partial charge in [-0.25, -0.2) is 9.37 Å². The van der Waals surface area contributed by atoms with Crippen molar-refractivity contribution in [2.24, 2.45) is 5.92 Å². The molecule has 0 aliphatic carbocycles. The Labute approximate surface area is 144 Å². The molecule has 0 spiro atoms. The molecule has 1 N–H and O–H groups in total. The summed E-state index contributed by atoms with van der Waals surface area (Å²) >= 11 is 0. The van der Waals surface area contributed by atoms with Crippen LogP contribution in [0.3, 0.4) is 0 Å². The second kappa shape index (κ2) is 6.93. The van der Waals surface area contributed by atoms with Crippen molar-refractivity contribution in [1.82, 2.24) is 9.55 Å². The third-order valence-electron chi connectivity index (χ3n) is 4.46. The van der Waals surface area contributed by atoms with Crippen LogP contribution in [0.5, 0.6) is 5.75 Å². The third kappa shape index (κ3) is 3.48. The summed E-state index contributed by atoms with van der Waals surface area (Å²) in [6, 6.07) is 5.83. The number of rotatable bonds is 3. The standard InChI is InChI=1S/C18H19FN4O2/c1-12-3-2-6-22(10-12)18-21-9-16(24)17(25)23(18)11-14-7-15(19)5-4-13(14)8-20/h4-5,7,9,12,24H,2-3,6,10-11H2,1H3/t12-/m0/s1. The molecule has 1 atom stereocenters. The van der Waals surface area contributed by atoms with Gasteiger partial charge < -0.3 is 10.0 Å². The Balaban J connectivity index is 2.06. The first kappa shape index (κ1) is 17.0. The van der Waals surface area contributed by atoms with Crippen molar-refractivity contribution < 1.29 is 9.50 Å². The molecule has 1 aromatic heterocycles. The number of hydrogen-bond acceptors (Lipinski definition) is 5. The van der Waals surface area contributed by atoms with Gasteiger partial charge in [0.1, 0.15) is 5.82 Å². The van der Waals surface area contributed by atoms with E-state index < -0.39 is 17.1 Å².